The zero-order chi connectivity index (χ0) is 13.2. The summed E-state index contributed by atoms with van der Waals surface area (Å²) in [4.78, 5) is 2.16. The lowest BCUT2D eigenvalue weighted by Gasteiger charge is -2.37. The van der Waals surface area contributed by atoms with Crippen molar-refractivity contribution in [2.24, 2.45) is 11.7 Å². The number of rotatable bonds is 3. The van der Waals surface area contributed by atoms with Crippen molar-refractivity contribution in [1.29, 1.82) is 0 Å². The minimum absolute atomic E-state index is 0.490. The second-order valence-corrected chi connectivity index (χ2v) is 7.22. The molecule has 6 nitrogen and oxygen atoms in total. The average Bonchev–Trinajstić information content (AvgIpc) is 2.39. The van der Waals surface area contributed by atoms with Crippen molar-refractivity contribution in [3.8, 4) is 0 Å². The fraction of sp³-hybridized carbons (Fsp3) is 1.00. The second-order valence-electron chi connectivity index (χ2n) is 5.29. The van der Waals surface area contributed by atoms with Gasteiger partial charge >= 0.3 is 0 Å². The molecule has 18 heavy (non-hydrogen) atoms. The van der Waals surface area contributed by atoms with Crippen LogP contribution in [0.4, 0.5) is 0 Å². The van der Waals surface area contributed by atoms with E-state index in [0.717, 1.165) is 25.9 Å². The molecule has 0 aliphatic carbocycles. The van der Waals surface area contributed by atoms with E-state index >= 15 is 0 Å². The molecule has 106 valence electrons. The van der Waals surface area contributed by atoms with Gasteiger partial charge in [0, 0.05) is 39.3 Å². The van der Waals surface area contributed by atoms with Gasteiger partial charge in [0.1, 0.15) is 0 Å². The van der Waals surface area contributed by atoms with Gasteiger partial charge in [0.25, 0.3) is 10.2 Å². The lowest BCUT2D eigenvalue weighted by atomic mass is 9.99. The normalized spacial score (nSPS) is 26.6. The van der Waals surface area contributed by atoms with Crippen molar-refractivity contribution in [3.63, 3.8) is 0 Å². The van der Waals surface area contributed by atoms with Gasteiger partial charge in [-0.05, 0) is 32.4 Å². The number of hydrogen-bond donors (Lipinski definition) is 1. The summed E-state index contributed by atoms with van der Waals surface area (Å²) in [5.74, 6) is 0.490. The summed E-state index contributed by atoms with van der Waals surface area (Å²) < 4.78 is 28.1. The van der Waals surface area contributed by atoms with Crippen molar-refractivity contribution in [1.82, 2.24) is 13.5 Å². The third kappa shape index (κ3) is 3.03. The average molecular weight is 276 g/mol. The van der Waals surface area contributed by atoms with Crippen molar-refractivity contribution in [3.05, 3.63) is 0 Å². The zero-order valence-corrected chi connectivity index (χ0v) is 11.9. The molecular weight excluding hydrogens is 252 g/mol. The highest BCUT2D eigenvalue weighted by Crippen LogP contribution is 2.21. The van der Waals surface area contributed by atoms with Crippen LogP contribution >= 0.6 is 0 Å². The van der Waals surface area contributed by atoms with E-state index in [1.165, 1.54) is 0 Å². The van der Waals surface area contributed by atoms with Crippen LogP contribution < -0.4 is 5.73 Å². The Hall–Kier alpha value is -0.210. The number of likely N-dealkylation sites (N-methyl/N-ethyl adjacent to an activating group) is 1. The van der Waals surface area contributed by atoms with E-state index in [-0.39, 0.29) is 0 Å². The predicted octanol–water partition coefficient (Wildman–Crippen LogP) is -0.851. The van der Waals surface area contributed by atoms with Gasteiger partial charge in [-0.15, -0.1) is 0 Å². The Morgan fingerprint density at radius 1 is 1.00 bits per heavy atom. The Labute approximate surface area is 110 Å². The number of nitrogens with zero attached hydrogens (tertiary/aromatic N) is 3. The Morgan fingerprint density at radius 2 is 1.50 bits per heavy atom. The van der Waals surface area contributed by atoms with E-state index < -0.39 is 10.2 Å². The Balaban J connectivity index is 1.95. The van der Waals surface area contributed by atoms with Crippen molar-refractivity contribution >= 4 is 10.2 Å². The number of hydrogen-bond acceptors (Lipinski definition) is 4. The van der Waals surface area contributed by atoms with Gasteiger partial charge in [-0.25, -0.2) is 0 Å². The van der Waals surface area contributed by atoms with Gasteiger partial charge < -0.3 is 10.6 Å². The number of piperidine rings is 1. The van der Waals surface area contributed by atoms with Gasteiger partial charge in [0.2, 0.25) is 0 Å². The molecule has 2 N–H and O–H groups in total. The third-order valence-corrected chi connectivity index (χ3v) is 6.06. The van der Waals surface area contributed by atoms with Crippen LogP contribution in [-0.4, -0.2) is 74.8 Å². The molecule has 0 aromatic rings. The summed E-state index contributed by atoms with van der Waals surface area (Å²) in [6.07, 6.45) is 1.78. The zero-order valence-electron chi connectivity index (χ0n) is 11.1. The molecule has 0 saturated carbocycles. The second kappa shape index (κ2) is 5.83. The molecule has 0 spiro atoms. The van der Waals surface area contributed by atoms with E-state index in [9.17, 15) is 8.42 Å². The first kappa shape index (κ1) is 14.2. The molecule has 0 radical (unpaired) electrons. The van der Waals surface area contributed by atoms with Crippen LogP contribution in [0.3, 0.4) is 0 Å². The van der Waals surface area contributed by atoms with Crippen LogP contribution in [0, 0.1) is 5.92 Å². The van der Waals surface area contributed by atoms with Crippen LogP contribution in [0.15, 0.2) is 0 Å². The van der Waals surface area contributed by atoms with E-state index in [0.29, 0.717) is 38.6 Å². The van der Waals surface area contributed by atoms with Crippen LogP contribution in [0.25, 0.3) is 0 Å². The SMILES string of the molecule is CN1CCN(S(=O)(=O)N2CCC(CN)CC2)CC1. The minimum atomic E-state index is -3.24. The minimum Gasteiger partial charge on any atom is -0.330 e. The van der Waals surface area contributed by atoms with E-state index in [2.05, 4.69) is 4.90 Å². The van der Waals surface area contributed by atoms with Crippen molar-refractivity contribution in [2.75, 3.05) is 52.9 Å². The molecule has 2 heterocycles. The molecule has 2 rings (SSSR count). The predicted molar refractivity (Wildman–Crippen MR) is 71.3 cm³/mol. The summed E-state index contributed by atoms with van der Waals surface area (Å²) in [5, 5.41) is 0. The summed E-state index contributed by atoms with van der Waals surface area (Å²) in [6.45, 7) is 4.76. The maximum atomic E-state index is 12.4. The van der Waals surface area contributed by atoms with Gasteiger partial charge in [0.05, 0.1) is 0 Å². The van der Waals surface area contributed by atoms with Crippen LogP contribution in [0.5, 0.6) is 0 Å². The number of piperazine rings is 1. The van der Waals surface area contributed by atoms with E-state index in [4.69, 9.17) is 5.73 Å². The van der Waals surface area contributed by atoms with E-state index in [1.54, 1.807) is 8.61 Å². The Bertz CT molecular complexity index is 357. The van der Waals surface area contributed by atoms with E-state index in [1.807, 2.05) is 7.05 Å². The maximum absolute atomic E-state index is 12.4. The van der Waals surface area contributed by atoms with Crippen LogP contribution in [-0.2, 0) is 10.2 Å². The molecule has 0 unspecified atom stereocenters. The third-order valence-electron chi connectivity index (χ3n) is 4.02. The highest BCUT2D eigenvalue weighted by molar-refractivity contribution is 7.86. The summed E-state index contributed by atoms with van der Waals surface area (Å²) in [5.41, 5.74) is 5.63. The van der Waals surface area contributed by atoms with Gasteiger partial charge in [-0.1, -0.05) is 0 Å². The lowest BCUT2D eigenvalue weighted by molar-refractivity contribution is 0.201. The summed E-state index contributed by atoms with van der Waals surface area (Å²) in [6, 6.07) is 0. The molecular formula is C11H24N4O2S. The smallest absolute Gasteiger partial charge is 0.282 e. The topological polar surface area (TPSA) is 69.9 Å². The first-order valence-corrected chi connectivity index (χ1v) is 8.07. The Morgan fingerprint density at radius 3 is 2.00 bits per heavy atom. The largest absolute Gasteiger partial charge is 0.330 e. The van der Waals surface area contributed by atoms with Gasteiger partial charge in [-0.3, -0.25) is 0 Å². The molecule has 0 aromatic carbocycles. The maximum Gasteiger partial charge on any atom is 0.282 e. The van der Waals surface area contributed by atoms with Gasteiger partial charge in [0.15, 0.2) is 0 Å². The molecule has 2 fully saturated rings. The fourth-order valence-corrected chi connectivity index (χ4v) is 4.18. The first-order chi connectivity index (χ1) is 8.54. The molecule has 0 amide bonds. The van der Waals surface area contributed by atoms with Crippen molar-refractivity contribution < 1.29 is 8.42 Å². The van der Waals surface area contributed by atoms with Crippen molar-refractivity contribution in [2.45, 2.75) is 12.8 Å². The molecule has 2 saturated heterocycles. The standard InChI is InChI=1S/C11H24N4O2S/c1-13-6-8-15(9-7-13)18(16,17)14-4-2-11(10-12)3-5-14/h11H,2-10,12H2,1H3. The molecule has 0 atom stereocenters. The monoisotopic (exact) mass is 276 g/mol. The van der Waals surface area contributed by atoms with Crippen LogP contribution in [0.1, 0.15) is 12.8 Å². The highest BCUT2D eigenvalue weighted by atomic mass is 32.2. The van der Waals surface area contributed by atoms with Gasteiger partial charge in [-0.2, -0.15) is 17.0 Å². The Kier molecular flexibility index (Phi) is 4.60. The molecule has 2 aliphatic heterocycles. The molecule has 2 aliphatic rings. The first-order valence-electron chi connectivity index (χ1n) is 6.68. The highest BCUT2D eigenvalue weighted by Gasteiger charge is 2.33. The van der Waals surface area contributed by atoms with Crippen LogP contribution in [0.2, 0.25) is 0 Å². The number of nitrogens with two attached hydrogens (primary N) is 1. The lowest BCUT2D eigenvalue weighted by Crippen LogP contribution is -2.53. The fourth-order valence-electron chi connectivity index (χ4n) is 2.56. The quantitative estimate of drug-likeness (QED) is 0.729. The molecule has 0 aromatic heterocycles. The molecule has 0 bridgehead atoms. The summed E-state index contributed by atoms with van der Waals surface area (Å²) in [7, 11) is -1.22. The summed E-state index contributed by atoms with van der Waals surface area (Å²) >= 11 is 0. The molecule has 7 heteroatoms.